The fraction of sp³-hybridized carbons (Fsp3) is 0.161. The maximum atomic E-state index is 15.3. The number of amides is 1. The number of methoxy groups -OCH3 is 4. The van der Waals surface area contributed by atoms with Gasteiger partial charge in [-0.25, -0.2) is 18.7 Å². The fourth-order valence-corrected chi connectivity index (χ4v) is 4.50. The summed E-state index contributed by atoms with van der Waals surface area (Å²) < 4.78 is 56.3. The van der Waals surface area contributed by atoms with Gasteiger partial charge in [-0.2, -0.15) is 0 Å². The zero-order chi connectivity index (χ0) is 30.7. The Hall–Kier alpha value is -5.52. The van der Waals surface area contributed by atoms with Crippen LogP contribution in [-0.2, 0) is 0 Å². The minimum absolute atomic E-state index is 0.0991. The van der Waals surface area contributed by atoms with E-state index in [0.29, 0.717) is 33.6 Å². The summed E-state index contributed by atoms with van der Waals surface area (Å²) in [6.07, 6.45) is 1.50. The van der Waals surface area contributed by atoms with Crippen LogP contribution in [0.25, 0.3) is 22.2 Å². The Morgan fingerprint density at radius 1 is 0.791 bits per heavy atom. The van der Waals surface area contributed by atoms with Gasteiger partial charge in [-0.05, 0) is 36.8 Å². The second-order valence-electron chi connectivity index (χ2n) is 9.07. The maximum absolute atomic E-state index is 15.3. The van der Waals surface area contributed by atoms with Crippen molar-refractivity contribution in [1.82, 2.24) is 15.0 Å². The van der Waals surface area contributed by atoms with Crippen molar-refractivity contribution in [2.24, 2.45) is 0 Å². The van der Waals surface area contributed by atoms with E-state index in [0.717, 1.165) is 6.07 Å². The van der Waals surface area contributed by atoms with Gasteiger partial charge in [0.25, 0.3) is 11.8 Å². The normalized spacial score (nSPS) is 10.8. The van der Waals surface area contributed by atoms with Crippen molar-refractivity contribution in [3.63, 3.8) is 0 Å². The van der Waals surface area contributed by atoms with Gasteiger partial charge < -0.3 is 29.0 Å². The minimum Gasteiger partial charge on any atom is -0.495 e. The highest BCUT2D eigenvalue weighted by atomic mass is 19.1. The Labute approximate surface area is 245 Å². The van der Waals surface area contributed by atoms with Crippen molar-refractivity contribution in [1.29, 1.82) is 0 Å². The summed E-state index contributed by atoms with van der Waals surface area (Å²) in [5.41, 5.74) is 2.24. The molecule has 5 aromatic rings. The number of carbonyl (C=O) groups excluding carboxylic acids is 1. The number of hydrogen-bond donors (Lipinski definition) is 1. The molecule has 0 spiro atoms. The van der Waals surface area contributed by atoms with Crippen LogP contribution in [0, 0.1) is 18.6 Å². The zero-order valence-electron chi connectivity index (χ0n) is 23.8. The van der Waals surface area contributed by atoms with E-state index in [-0.39, 0.29) is 40.3 Å². The average molecular weight is 589 g/mol. The van der Waals surface area contributed by atoms with Crippen LogP contribution in [0.5, 0.6) is 34.8 Å². The van der Waals surface area contributed by atoms with Gasteiger partial charge in [0.05, 0.1) is 45.2 Å². The van der Waals surface area contributed by atoms with E-state index in [1.54, 1.807) is 19.1 Å². The van der Waals surface area contributed by atoms with Crippen molar-refractivity contribution in [3.05, 3.63) is 83.7 Å². The third kappa shape index (κ3) is 5.67. The predicted molar refractivity (Wildman–Crippen MR) is 155 cm³/mol. The van der Waals surface area contributed by atoms with Crippen LogP contribution < -0.4 is 29.0 Å². The van der Waals surface area contributed by atoms with Crippen LogP contribution in [0.1, 0.15) is 16.1 Å². The third-order valence-corrected chi connectivity index (χ3v) is 6.49. The van der Waals surface area contributed by atoms with E-state index >= 15 is 4.39 Å². The van der Waals surface area contributed by atoms with Crippen molar-refractivity contribution >= 4 is 22.6 Å². The minimum atomic E-state index is -0.744. The molecule has 3 aromatic heterocycles. The lowest BCUT2D eigenvalue weighted by atomic mass is 10.0. The molecule has 43 heavy (non-hydrogen) atoms. The number of rotatable bonds is 9. The molecular weight excluding hydrogens is 562 g/mol. The summed E-state index contributed by atoms with van der Waals surface area (Å²) in [6, 6.07) is 12.8. The van der Waals surface area contributed by atoms with Gasteiger partial charge in [0, 0.05) is 30.1 Å². The number of ether oxygens (including phenoxy) is 5. The van der Waals surface area contributed by atoms with E-state index in [1.165, 1.54) is 71.0 Å². The molecule has 5 rings (SSSR count). The highest BCUT2D eigenvalue weighted by molar-refractivity contribution is 6.08. The molecular formula is C31H26F2N4O6. The largest absolute Gasteiger partial charge is 0.495 e. The molecule has 0 saturated heterocycles. The first-order valence-corrected chi connectivity index (χ1v) is 12.8. The first-order valence-electron chi connectivity index (χ1n) is 12.8. The molecule has 0 atom stereocenters. The maximum Gasteiger partial charge on any atom is 0.261 e. The quantitative estimate of drug-likeness (QED) is 0.210. The number of fused-ring (bicyclic) bond motifs is 1. The molecule has 0 aliphatic heterocycles. The number of carbonyl (C=O) groups is 1. The van der Waals surface area contributed by atoms with Gasteiger partial charge in [0.1, 0.15) is 22.6 Å². The second kappa shape index (κ2) is 12.1. The molecule has 12 heteroatoms. The number of pyridine rings is 3. The number of nitrogens with zero attached hydrogens (tertiary/aromatic N) is 3. The molecule has 220 valence electrons. The summed E-state index contributed by atoms with van der Waals surface area (Å²) in [5, 5.41) is 2.68. The standard InChI is InChI=1S/C31H26F2N4O6/c1-16-25(28(40-3)26(31(35-16)42-5)17-6-8-18(32)9-7-17)29(38)36-19-10-11-22(20(33)14-19)43-23-12-13-34-21-15-24(39-2)30(41-4)37-27(21)23/h6-15H,1-5H3,(H,36,38). The molecule has 0 unspecified atom stereocenters. The first-order chi connectivity index (χ1) is 20.8. The smallest absolute Gasteiger partial charge is 0.261 e. The number of halogens is 2. The number of hydrogen-bond acceptors (Lipinski definition) is 9. The molecule has 0 fully saturated rings. The van der Waals surface area contributed by atoms with Crippen LogP contribution in [0.2, 0.25) is 0 Å². The first kappa shape index (κ1) is 29.0. The SMILES string of the molecule is COc1cc2nccc(Oc3ccc(NC(=O)c4c(C)nc(OC)c(-c5ccc(F)cc5)c4OC)cc3F)c2nc1OC. The predicted octanol–water partition coefficient (Wildman–Crippen LogP) is 6.36. The van der Waals surface area contributed by atoms with Crippen molar-refractivity contribution < 1.29 is 37.3 Å². The van der Waals surface area contributed by atoms with E-state index in [2.05, 4.69) is 20.3 Å². The highest BCUT2D eigenvalue weighted by Crippen LogP contribution is 2.41. The van der Waals surface area contributed by atoms with Gasteiger partial charge in [-0.3, -0.25) is 9.78 Å². The molecule has 0 saturated carbocycles. The van der Waals surface area contributed by atoms with E-state index in [9.17, 15) is 9.18 Å². The lowest BCUT2D eigenvalue weighted by Crippen LogP contribution is -2.17. The molecule has 0 aliphatic rings. The second-order valence-corrected chi connectivity index (χ2v) is 9.07. The molecule has 1 N–H and O–H groups in total. The van der Waals surface area contributed by atoms with E-state index in [4.69, 9.17) is 23.7 Å². The Bertz CT molecular complexity index is 1830. The number of nitrogens with one attached hydrogen (secondary N) is 1. The molecule has 10 nitrogen and oxygen atoms in total. The Morgan fingerprint density at radius 2 is 1.53 bits per heavy atom. The Kier molecular flexibility index (Phi) is 8.19. The van der Waals surface area contributed by atoms with Gasteiger partial charge in [0.15, 0.2) is 23.1 Å². The topological polar surface area (TPSA) is 114 Å². The average Bonchev–Trinajstić information content (AvgIpc) is 3.01. The van der Waals surface area contributed by atoms with Gasteiger partial charge >= 0.3 is 0 Å². The number of benzene rings is 2. The van der Waals surface area contributed by atoms with Crippen LogP contribution in [0.15, 0.2) is 60.8 Å². The number of anilines is 1. The van der Waals surface area contributed by atoms with Gasteiger partial charge in [-0.15, -0.1) is 0 Å². The van der Waals surface area contributed by atoms with Gasteiger partial charge in [-0.1, -0.05) is 12.1 Å². The molecule has 3 heterocycles. The van der Waals surface area contributed by atoms with Crippen LogP contribution in [0.3, 0.4) is 0 Å². The van der Waals surface area contributed by atoms with Crippen molar-refractivity contribution in [2.45, 2.75) is 6.92 Å². The summed E-state index contributed by atoms with van der Waals surface area (Å²) in [6.45, 7) is 1.61. The molecule has 1 amide bonds. The molecule has 0 radical (unpaired) electrons. The molecule has 0 aliphatic carbocycles. The summed E-state index contributed by atoms with van der Waals surface area (Å²) in [5.74, 6) is -0.694. The lowest BCUT2D eigenvalue weighted by molar-refractivity contribution is 0.102. The van der Waals surface area contributed by atoms with Crippen LogP contribution >= 0.6 is 0 Å². The van der Waals surface area contributed by atoms with Crippen molar-refractivity contribution in [2.75, 3.05) is 33.8 Å². The Morgan fingerprint density at radius 3 is 2.19 bits per heavy atom. The number of aryl methyl sites for hydroxylation is 1. The Balaban J connectivity index is 1.45. The van der Waals surface area contributed by atoms with Crippen LogP contribution in [-0.4, -0.2) is 49.3 Å². The summed E-state index contributed by atoms with van der Waals surface area (Å²) in [4.78, 5) is 26.5. The highest BCUT2D eigenvalue weighted by Gasteiger charge is 2.26. The molecule has 0 bridgehead atoms. The monoisotopic (exact) mass is 588 g/mol. The zero-order valence-corrected chi connectivity index (χ0v) is 23.8. The van der Waals surface area contributed by atoms with E-state index < -0.39 is 17.5 Å². The summed E-state index contributed by atoms with van der Waals surface area (Å²) in [7, 11) is 5.75. The third-order valence-electron chi connectivity index (χ3n) is 6.49. The van der Waals surface area contributed by atoms with Gasteiger partial charge in [0.2, 0.25) is 5.88 Å². The summed E-state index contributed by atoms with van der Waals surface area (Å²) >= 11 is 0. The fourth-order valence-electron chi connectivity index (χ4n) is 4.50. The number of aromatic nitrogens is 3. The van der Waals surface area contributed by atoms with E-state index in [1.807, 2.05) is 0 Å². The lowest BCUT2D eigenvalue weighted by Gasteiger charge is -2.18. The van der Waals surface area contributed by atoms with Crippen LogP contribution in [0.4, 0.5) is 14.5 Å². The molecule has 2 aromatic carbocycles. The van der Waals surface area contributed by atoms with Crippen molar-refractivity contribution in [3.8, 4) is 45.9 Å².